The number of nitrogens with zero attached hydrogens (tertiary/aromatic N) is 1. The molecule has 0 bridgehead atoms. The van der Waals surface area contributed by atoms with Gasteiger partial charge in [-0.2, -0.15) is 0 Å². The molecule has 4 rings (SSSR count). The van der Waals surface area contributed by atoms with Crippen molar-refractivity contribution >= 4 is 5.69 Å². The first kappa shape index (κ1) is 19.9. The van der Waals surface area contributed by atoms with E-state index < -0.39 is 5.60 Å². The van der Waals surface area contributed by atoms with Gasteiger partial charge in [0.05, 0.1) is 0 Å². The molecule has 3 nitrogen and oxygen atoms in total. The van der Waals surface area contributed by atoms with Crippen molar-refractivity contribution in [2.24, 2.45) is 11.8 Å². The zero-order valence-electron chi connectivity index (χ0n) is 17.7. The number of aryl methyl sites for hydroxylation is 1. The molecular weight excluding hydrogens is 358 g/mol. The SMILES string of the molecule is CC#CC1(O)CC[C@@H]2c3ccc(O)cc3CC[C@H]2C1Cc1cccc(N(C)C)c1. The first-order chi connectivity index (χ1) is 13.9. The third-order valence-corrected chi connectivity index (χ3v) is 6.98. The number of aromatic hydroxyl groups is 1. The molecule has 0 aliphatic heterocycles. The Morgan fingerprint density at radius 2 is 1.97 bits per heavy atom. The molecule has 2 N–H and O–H groups in total. The van der Waals surface area contributed by atoms with E-state index in [1.807, 2.05) is 19.1 Å². The van der Waals surface area contributed by atoms with Crippen molar-refractivity contribution < 1.29 is 10.2 Å². The van der Waals surface area contributed by atoms with E-state index in [2.05, 4.69) is 61.2 Å². The lowest BCUT2D eigenvalue weighted by Gasteiger charge is -2.49. The summed E-state index contributed by atoms with van der Waals surface area (Å²) in [5.41, 5.74) is 4.14. The average molecular weight is 390 g/mol. The van der Waals surface area contributed by atoms with Gasteiger partial charge in [0, 0.05) is 25.7 Å². The largest absolute Gasteiger partial charge is 0.508 e. The molecule has 152 valence electrons. The van der Waals surface area contributed by atoms with Crippen LogP contribution in [0.25, 0.3) is 0 Å². The number of fused-ring (bicyclic) bond motifs is 3. The van der Waals surface area contributed by atoms with Crippen LogP contribution in [0.2, 0.25) is 0 Å². The third-order valence-electron chi connectivity index (χ3n) is 6.98. The third kappa shape index (κ3) is 3.74. The van der Waals surface area contributed by atoms with Crippen molar-refractivity contribution in [1.29, 1.82) is 0 Å². The lowest BCUT2D eigenvalue weighted by Crippen LogP contribution is -2.49. The highest BCUT2D eigenvalue weighted by Gasteiger charge is 2.49. The molecule has 0 radical (unpaired) electrons. The van der Waals surface area contributed by atoms with E-state index in [-0.39, 0.29) is 5.92 Å². The van der Waals surface area contributed by atoms with Gasteiger partial charge in [0.2, 0.25) is 0 Å². The zero-order chi connectivity index (χ0) is 20.6. The Labute approximate surface area is 174 Å². The minimum atomic E-state index is -0.932. The minimum absolute atomic E-state index is 0.105. The molecule has 1 fully saturated rings. The van der Waals surface area contributed by atoms with Gasteiger partial charge in [-0.1, -0.05) is 24.1 Å². The van der Waals surface area contributed by atoms with Crippen LogP contribution in [0.3, 0.4) is 0 Å². The van der Waals surface area contributed by atoms with Crippen LogP contribution in [0.15, 0.2) is 42.5 Å². The van der Waals surface area contributed by atoms with E-state index in [0.29, 0.717) is 24.0 Å². The molecule has 3 heteroatoms. The van der Waals surface area contributed by atoms with Gasteiger partial charge in [-0.15, -0.1) is 5.92 Å². The van der Waals surface area contributed by atoms with Crippen LogP contribution in [0.5, 0.6) is 5.75 Å². The fourth-order valence-electron chi connectivity index (χ4n) is 5.60. The number of rotatable bonds is 3. The van der Waals surface area contributed by atoms with E-state index in [0.717, 1.165) is 25.7 Å². The van der Waals surface area contributed by atoms with Gasteiger partial charge in [-0.25, -0.2) is 0 Å². The molecule has 1 saturated carbocycles. The highest BCUT2D eigenvalue weighted by Crippen LogP contribution is 2.52. The first-order valence-corrected chi connectivity index (χ1v) is 10.7. The number of phenolic OH excluding ortho intramolecular Hbond substituents is 1. The van der Waals surface area contributed by atoms with Crippen LogP contribution in [0.4, 0.5) is 5.69 Å². The summed E-state index contributed by atoms with van der Waals surface area (Å²) in [6, 6.07) is 14.5. The topological polar surface area (TPSA) is 43.7 Å². The molecule has 0 heterocycles. The molecule has 2 unspecified atom stereocenters. The van der Waals surface area contributed by atoms with Gasteiger partial charge in [0.25, 0.3) is 0 Å². The van der Waals surface area contributed by atoms with E-state index >= 15 is 0 Å². The minimum Gasteiger partial charge on any atom is -0.508 e. The van der Waals surface area contributed by atoms with Gasteiger partial charge in [-0.05, 0) is 91.8 Å². The van der Waals surface area contributed by atoms with Crippen molar-refractivity contribution in [3.8, 4) is 17.6 Å². The Morgan fingerprint density at radius 3 is 2.72 bits per heavy atom. The summed E-state index contributed by atoms with van der Waals surface area (Å²) in [6.07, 6.45) is 4.47. The van der Waals surface area contributed by atoms with Crippen molar-refractivity contribution in [3.05, 3.63) is 59.2 Å². The molecule has 2 aromatic carbocycles. The van der Waals surface area contributed by atoms with Crippen molar-refractivity contribution in [2.75, 3.05) is 19.0 Å². The van der Waals surface area contributed by atoms with Crippen LogP contribution in [0.1, 0.15) is 48.8 Å². The number of hydrogen-bond donors (Lipinski definition) is 2. The Bertz CT molecular complexity index is 955. The second-order valence-corrected chi connectivity index (χ2v) is 8.91. The molecule has 0 amide bonds. The summed E-state index contributed by atoms with van der Waals surface area (Å²) in [7, 11) is 4.12. The standard InChI is InChI=1S/C26H31NO2/c1-4-13-26(29)14-12-23-22-11-9-21(28)17-19(22)8-10-24(23)25(26)16-18-6-5-7-20(15-18)27(2)3/h5-7,9,11,15,17,23-25,28-29H,8,10,12,14,16H2,1-3H3/t23-,24-,25?,26?/m1/s1. The van der Waals surface area contributed by atoms with E-state index in [4.69, 9.17) is 0 Å². The summed E-state index contributed by atoms with van der Waals surface area (Å²) in [6.45, 7) is 1.83. The molecule has 2 aliphatic carbocycles. The quantitative estimate of drug-likeness (QED) is 0.759. The normalized spacial score (nSPS) is 27.9. The van der Waals surface area contributed by atoms with Crippen LogP contribution in [-0.4, -0.2) is 29.9 Å². The predicted octanol–water partition coefficient (Wildman–Crippen LogP) is 4.51. The highest BCUT2D eigenvalue weighted by atomic mass is 16.3. The molecule has 0 spiro atoms. The number of benzene rings is 2. The number of hydrogen-bond acceptors (Lipinski definition) is 3. The van der Waals surface area contributed by atoms with Crippen LogP contribution < -0.4 is 4.90 Å². The van der Waals surface area contributed by atoms with Crippen LogP contribution >= 0.6 is 0 Å². The Balaban J connectivity index is 1.70. The second-order valence-electron chi connectivity index (χ2n) is 8.91. The summed E-state index contributed by atoms with van der Waals surface area (Å²) >= 11 is 0. The average Bonchev–Trinajstić information content (AvgIpc) is 2.70. The number of aliphatic hydroxyl groups is 1. The van der Waals surface area contributed by atoms with Gasteiger partial charge >= 0.3 is 0 Å². The summed E-state index contributed by atoms with van der Waals surface area (Å²) < 4.78 is 0. The lowest BCUT2D eigenvalue weighted by atomic mass is 9.57. The van der Waals surface area contributed by atoms with Crippen LogP contribution in [-0.2, 0) is 12.8 Å². The number of phenols is 1. The van der Waals surface area contributed by atoms with Crippen molar-refractivity contribution in [3.63, 3.8) is 0 Å². The molecule has 0 saturated heterocycles. The maximum absolute atomic E-state index is 11.6. The van der Waals surface area contributed by atoms with E-state index in [1.165, 1.54) is 22.4 Å². The molecule has 0 aromatic heterocycles. The zero-order valence-corrected chi connectivity index (χ0v) is 17.7. The molecule has 2 aliphatic rings. The maximum Gasteiger partial charge on any atom is 0.128 e. The summed E-state index contributed by atoms with van der Waals surface area (Å²) in [5, 5.41) is 21.5. The fourth-order valence-corrected chi connectivity index (χ4v) is 5.60. The van der Waals surface area contributed by atoms with Gasteiger partial charge < -0.3 is 15.1 Å². The highest BCUT2D eigenvalue weighted by molar-refractivity contribution is 5.47. The Kier molecular flexibility index (Phi) is 5.32. The van der Waals surface area contributed by atoms with Crippen molar-refractivity contribution in [2.45, 2.75) is 50.5 Å². The lowest BCUT2D eigenvalue weighted by molar-refractivity contribution is -0.0400. The monoisotopic (exact) mass is 389 g/mol. The summed E-state index contributed by atoms with van der Waals surface area (Å²) in [5.74, 6) is 7.48. The predicted molar refractivity (Wildman–Crippen MR) is 118 cm³/mol. The van der Waals surface area contributed by atoms with E-state index in [9.17, 15) is 10.2 Å². The molecule has 29 heavy (non-hydrogen) atoms. The Morgan fingerprint density at radius 1 is 1.14 bits per heavy atom. The molecule has 2 aromatic rings. The first-order valence-electron chi connectivity index (χ1n) is 10.7. The van der Waals surface area contributed by atoms with Crippen molar-refractivity contribution in [1.82, 2.24) is 0 Å². The Hall–Kier alpha value is -2.44. The maximum atomic E-state index is 11.6. The number of anilines is 1. The van der Waals surface area contributed by atoms with Crippen LogP contribution in [0, 0.1) is 23.7 Å². The molecule has 4 atom stereocenters. The van der Waals surface area contributed by atoms with Gasteiger partial charge in [0.15, 0.2) is 0 Å². The molecular formula is C26H31NO2. The van der Waals surface area contributed by atoms with Gasteiger partial charge in [0.1, 0.15) is 11.4 Å². The van der Waals surface area contributed by atoms with Gasteiger partial charge in [-0.3, -0.25) is 0 Å². The second kappa shape index (κ2) is 7.76. The fraction of sp³-hybridized carbons (Fsp3) is 0.462. The summed E-state index contributed by atoms with van der Waals surface area (Å²) in [4.78, 5) is 2.12. The smallest absolute Gasteiger partial charge is 0.128 e. The van der Waals surface area contributed by atoms with E-state index in [1.54, 1.807) is 0 Å².